The molecule has 0 amide bonds. The monoisotopic (exact) mass is 162 g/mol. The zero-order chi connectivity index (χ0) is 8.13. The molecule has 1 fully saturated rings. The number of hydrogen-bond donors (Lipinski definition) is 1. The number of hydrogen-bond acceptors (Lipinski definition) is 1. The van der Waals surface area contributed by atoms with Gasteiger partial charge in [-0.1, -0.05) is 11.6 Å². The van der Waals surface area contributed by atoms with E-state index in [1.807, 2.05) is 6.08 Å². The van der Waals surface area contributed by atoms with Crippen molar-refractivity contribution in [3.05, 3.63) is 23.5 Å². The highest BCUT2D eigenvalue weighted by atomic mass is 16.3. The number of allylic oxidation sites excluding steroid dienone is 4. The van der Waals surface area contributed by atoms with Crippen LogP contribution in [0.5, 0.6) is 0 Å². The Balaban J connectivity index is 2.00. The molecule has 12 heavy (non-hydrogen) atoms. The minimum Gasteiger partial charge on any atom is -0.512 e. The third-order valence-electron chi connectivity index (χ3n) is 3.73. The highest BCUT2D eigenvalue weighted by Crippen LogP contribution is 2.54. The fraction of sp³-hybridized carbons (Fsp3) is 0.636. The van der Waals surface area contributed by atoms with Crippen molar-refractivity contribution in [3.8, 4) is 0 Å². The molecule has 3 rings (SSSR count). The van der Waals surface area contributed by atoms with E-state index in [-0.39, 0.29) is 0 Å². The highest BCUT2D eigenvalue weighted by Gasteiger charge is 2.45. The predicted molar refractivity (Wildman–Crippen MR) is 47.7 cm³/mol. The highest BCUT2D eigenvalue weighted by molar-refractivity contribution is 5.31. The molecule has 1 N–H and O–H groups in total. The molecule has 64 valence electrons. The summed E-state index contributed by atoms with van der Waals surface area (Å²) >= 11 is 0. The van der Waals surface area contributed by atoms with E-state index < -0.39 is 0 Å². The first-order chi connectivity index (χ1) is 5.86. The normalized spacial score (nSPS) is 43.8. The van der Waals surface area contributed by atoms with Gasteiger partial charge in [-0.05, 0) is 43.6 Å². The van der Waals surface area contributed by atoms with Crippen LogP contribution in [-0.2, 0) is 0 Å². The van der Waals surface area contributed by atoms with Crippen molar-refractivity contribution < 1.29 is 5.11 Å². The first-order valence-electron chi connectivity index (χ1n) is 4.96. The van der Waals surface area contributed by atoms with Gasteiger partial charge in [0.05, 0.1) is 5.76 Å². The van der Waals surface area contributed by atoms with Gasteiger partial charge in [0.2, 0.25) is 0 Å². The molecular weight excluding hydrogens is 148 g/mol. The van der Waals surface area contributed by atoms with Crippen LogP contribution >= 0.6 is 0 Å². The Morgan fingerprint density at radius 1 is 1.33 bits per heavy atom. The maximum absolute atomic E-state index is 9.73. The molecule has 0 aliphatic heterocycles. The molecule has 3 aliphatic rings. The standard InChI is InChI=1S/C11H14O/c12-10-3-1-2-7-6-8-4-5-9(10)11(7)8/h3,6,8-9,11-12H,1-2,4-5H2/t8-,9+,11+/m1/s1. The molecule has 3 aliphatic carbocycles. The smallest absolute Gasteiger partial charge is 0.0920 e. The summed E-state index contributed by atoms with van der Waals surface area (Å²) in [7, 11) is 0. The maximum Gasteiger partial charge on any atom is 0.0920 e. The molecule has 0 unspecified atom stereocenters. The Hall–Kier alpha value is -0.720. The molecule has 0 spiro atoms. The fourth-order valence-corrected chi connectivity index (χ4v) is 3.14. The van der Waals surface area contributed by atoms with Gasteiger partial charge in [0.1, 0.15) is 0 Å². The van der Waals surface area contributed by atoms with Gasteiger partial charge in [-0.15, -0.1) is 0 Å². The lowest BCUT2D eigenvalue weighted by Gasteiger charge is -2.32. The van der Waals surface area contributed by atoms with Gasteiger partial charge < -0.3 is 5.11 Å². The minimum atomic E-state index is 0.498. The van der Waals surface area contributed by atoms with Crippen molar-refractivity contribution in [3.63, 3.8) is 0 Å². The first-order valence-corrected chi connectivity index (χ1v) is 4.96. The van der Waals surface area contributed by atoms with Crippen LogP contribution in [0.1, 0.15) is 25.7 Å². The zero-order valence-electron chi connectivity index (χ0n) is 7.16. The predicted octanol–water partition coefficient (Wildman–Crippen LogP) is 2.80. The lowest BCUT2D eigenvalue weighted by atomic mass is 9.72. The van der Waals surface area contributed by atoms with Gasteiger partial charge in [0, 0.05) is 5.92 Å². The maximum atomic E-state index is 9.73. The van der Waals surface area contributed by atoms with E-state index in [1.54, 1.807) is 5.57 Å². The third kappa shape index (κ3) is 0.694. The quantitative estimate of drug-likeness (QED) is 0.543. The van der Waals surface area contributed by atoms with E-state index >= 15 is 0 Å². The van der Waals surface area contributed by atoms with Crippen LogP contribution in [0, 0.1) is 17.8 Å². The van der Waals surface area contributed by atoms with Gasteiger partial charge in [0.15, 0.2) is 0 Å². The van der Waals surface area contributed by atoms with Gasteiger partial charge >= 0.3 is 0 Å². The van der Waals surface area contributed by atoms with Gasteiger partial charge in [0.25, 0.3) is 0 Å². The molecule has 0 aromatic rings. The van der Waals surface area contributed by atoms with Gasteiger partial charge in [-0.3, -0.25) is 0 Å². The van der Waals surface area contributed by atoms with Crippen molar-refractivity contribution in [2.45, 2.75) is 25.7 Å². The van der Waals surface area contributed by atoms with E-state index in [4.69, 9.17) is 0 Å². The topological polar surface area (TPSA) is 20.2 Å². The molecule has 1 saturated carbocycles. The van der Waals surface area contributed by atoms with Crippen molar-refractivity contribution >= 4 is 0 Å². The Morgan fingerprint density at radius 3 is 3.17 bits per heavy atom. The number of aliphatic hydroxyl groups excluding tert-OH is 1. The summed E-state index contributed by atoms with van der Waals surface area (Å²) in [5, 5.41) is 9.73. The molecule has 0 radical (unpaired) electrons. The average molecular weight is 162 g/mol. The van der Waals surface area contributed by atoms with Crippen LogP contribution in [-0.4, -0.2) is 5.11 Å². The molecule has 0 saturated heterocycles. The Morgan fingerprint density at radius 2 is 2.25 bits per heavy atom. The van der Waals surface area contributed by atoms with E-state index in [2.05, 4.69) is 6.08 Å². The summed E-state index contributed by atoms with van der Waals surface area (Å²) in [4.78, 5) is 0. The molecule has 0 heterocycles. The largest absolute Gasteiger partial charge is 0.512 e. The van der Waals surface area contributed by atoms with Crippen molar-refractivity contribution in [2.75, 3.05) is 0 Å². The molecule has 0 aromatic heterocycles. The second-order valence-electron chi connectivity index (χ2n) is 4.28. The van der Waals surface area contributed by atoms with Gasteiger partial charge in [-0.25, -0.2) is 0 Å². The molecule has 0 bridgehead atoms. The zero-order valence-corrected chi connectivity index (χ0v) is 7.16. The Bertz CT molecular complexity index is 275. The van der Waals surface area contributed by atoms with Crippen LogP contribution in [0.4, 0.5) is 0 Å². The Kier molecular flexibility index (Phi) is 1.21. The summed E-state index contributed by atoms with van der Waals surface area (Å²) < 4.78 is 0. The van der Waals surface area contributed by atoms with Crippen molar-refractivity contribution in [1.82, 2.24) is 0 Å². The SMILES string of the molecule is OC1=CCCC2=C[C@H]3CC[C@@H]1[C@@H]23. The minimum absolute atomic E-state index is 0.498. The average Bonchev–Trinajstić information content (AvgIpc) is 2.31. The van der Waals surface area contributed by atoms with E-state index in [9.17, 15) is 5.11 Å². The van der Waals surface area contributed by atoms with Gasteiger partial charge in [-0.2, -0.15) is 0 Å². The van der Waals surface area contributed by atoms with Crippen LogP contribution < -0.4 is 0 Å². The molecule has 1 heteroatoms. The lowest BCUT2D eigenvalue weighted by Crippen LogP contribution is -2.24. The van der Waals surface area contributed by atoms with Crippen LogP contribution in [0.15, 0.2) is 23.5 Å². The Labute approximate surface area is 72.8 Å². The van der Waals surface area contributed by atoms with Crippen LogP contribution in [0.3, 0.4) is 0 Å². The summed E-state index contributed by atoms with van der Waals surface area (Å²) in [6.07, 6.45) is 9.23. The van der Waals surface area contributed by atoms with Crippen LogP contribution in [0.25, 0.3) is 0 Å². The summed E-state index contributed by atoms with van der Waals surface area (Å²) in [6, 6.07) is 0. The first kappa shape index (κ1) is 6.76. The fourth-order valence-electron chi connectivity index (χ4n) is 3.14. The molecule has 0 aromatic carbocycles. The second-order valence-corrected chi connectivity index (χ2v) is 4.28. The van der Waals surface area contributed by atoms with Crippen LogP contribution in [0.2, 0.25) is 0 Å². The van der Waals surface area contributed by atoms with E-state index in [1.165, 1.54) is 19.3 Å². The van der Waals surface area contributed by atoms with E-state index in [0.29, 0.717) is 11.7 Å². The third-order valence-corrected chi connectivity index (χ3v) is 3.73. The molecule has 1 nitrogen and oxygen atoms in total. The number of rotatable bonds is 0. The lowest BCUT2D eigenvalue weighted by molar-refractivity contribution is 0.282. The summed E-state index contributed by atoms with van der Waals surface area (Å²) in [6.45, 7) is 0. The van der Waals surface area contributed by atoms with Crippen molar-refractivity contribution in [2.24, 2.45) is 17.8 Å². The number of aliphatic hydroxyl groups is 1. The summed E-state index contributed by atoms with van der Waals surface area (Å²) in [5.41, 5.74) is 1.63. The summed E-state index contributed by atoms with van der Waals surface area (Å²) in [5.74, 6) is 2.74. The van der Waals surface area contributed by atoms with Crippen molar-refractivity contribution in [1.29, 1.82) is 0 Å². The molecule has 3 atom stereocenters. The molecular formula is C11H14O. The van der Waals surface area contributed by atoms with E-state index in [0.717, 1.165) is 18.3 Å². The second kappa shape index (κ2) is 2.15.